The number of nitrogens with zero attached hydrogens (tertiary/aromatic N) is 3. The molecule has 0 aliphatic heterocycles. The molecule has 102 valence electrons. The maximum Gasteiger partial charge on any atom is 0.142 e. The largest absolute Gasteiger partial charge is 0.495 e. The highest BCUT2D eigenvalue weighted by Crippen LogP contribution is 2.35. The minimum absolute atomic E-state index is 0.903. The van der Waals surface area contributed by atoms with Crippen LogP contribution in [0.1, 0.15) is 0 Å². The number of methoxy groups -OCH3 is 1. The first-order chi connectivity index (χ1) is 9.13. The Morgan fingerprint density at radius 3 is 2.58 bits per heavy atom. The van der Waals surface area contributed by atoms with Crippen molar-refractivity contribution in [3.63, 3.8) is 0 Å². The molecule has 0 spiro atoms. The van der Waals surface area contributed by atoms with Gasteiger partial charge in [-0.1, -0.05) is 0 Å². The van der Waals surface area contributed by atoms with Gasteiger partial charge in [-0.15, -0.1) is 0 Å². The van der Waals surface area contributed by atoms with Crippen molar-refractivity contribution in [2.75, 3.05) is 46.2 Å². The van der Waals surface area contributed by atoms with Gasteiger partial charge in [-0.25, -0.2) is 0 Å². The van der Waals surface area contributed by atoms with Gasteiger partial charge in [0.05, 0.1) is 12.8 Å². The number of rotatable bonds is 5. The van der Waals surface area contributed by atoms with Gasteiger partial charge in [0.2, 0.25) is 0 Å². The van der Waals surface area contributed by atoms with E-state index < -0.39 is 0 Å². The fraction of sp³-hybridized carbons (Fsp3) is 0.400. The van der Waals surface area contributed by atoms with Crippen molar-refractivity contribution in [1.82, 2.24) is 9.88 Å². The molecule has 0 saturated carbocycles. The average molecular weight is 259 g/mol. The maximum atomic E-state index is 5.51. The monoisotopic (exact) mass is 259 g/mol. The summed E-state index contributed by atoms with van der Waals surface area (Å²) in [6, 6.07) is 6.09. The Morgan fingerprint density at radius 1 is 1.11 bits per heavy atom. The van der Waals surface area contributed by atoms with Gasteiger partial charge >= 0.3 is 0 Å². The molecular formula is C15H21N3O. The molecule has 2 rings (SSSR count). The van der Waals surface area contributed by atoms with E-state index in [4.69, 9.17) is 4.74 Å². The van der Waals surface area contributed by atoms with E-state index in [0.29, 0.717) is 0 Å². The molecular weight excluding hydrogens is 238 g/mol. The van der Waals surface area contributed by atoms with Crippen molar-refractivity contribution >= 4 is 16.5 Å². The van der Waals surface area contributed by atoms with Gasteiger partial charge < -0.3 is 14.5 Å². The van der Waals surface area contributed by atoms with E-state index in [0.717, 1.165) is 29.9 Å². The Morgan fingerprint density at radius 2 is 1.89 bits per heavy atom. The van der Waals surface area contributed by atoms with Crippen LogP contribution in [0.3, 0.4) is 0 Å². The Bertz CT molecular complexity index is 554. The first-order valence-electron chi connectivity index (χ1n) is 6.40. The zero-order chi connectivity index (χ0) is 13.8. The van der Waals surface area contributed by atoms with Crippen molar-refractivity contribution in [2.45, 2.75) is 0 Å². The lowest BCUT2D eigenvalue weighted by Gasteiger charge is -2.25. The minimum Gasteiger partial charge on any atom is -0.495 e. The van der Waals surface area contributed by atoms with Crippen LogP contribution in [0.4, 0.5) is 5.69 Å². The highest BCUT2D eigenvalue weighted by Gasteiger charge is 2.12. The van der Waals surface area contributed by atoms with Gasteiger partial charge in [-0.05, 0) is 32.3 Å². The predicted octanol–water partition coefficient (Wildman–Crippen LogP) is 2.24. The summed E-state index contributed by atoms with van der Waals surface area (Å²) in [4.78, 5) is 8.59. The van der Waals surface area contributed by atoms with Crippen LogP contribution in [0.15, 0.2) is 30.6 Å². The van der Waals surface area contributed by atoms with Gasteiger partial charge in [0.1, 0.15) is 5.75 Å². The van der Waals surface area contributed by atoms with Crippen molar-refractivity contribution < 1.29 is 4.74 Å². The smallest absolute Gasteiger partial charge is 0.142 e. The van der Waals surface area contributed by atoms with Crippen LogP contribution >= 0.6 is 0 Å². The van der Waals surface area contributed by atoms with Gasteiger partial charge in [-0.3, -0.25) is 4.98 Å². The van der Waals surface area contributed by atoms with Crippen molar-refractivity contribution in [3.8, 4) is 5.75 Å². The number of ether oxygens (including phenoxy) is 1. The molecule has 0 unspecified atom stereocenters. The molecule has 4 nitrogen and oxygen atoms in total. The summed E-state index contributed by atoms with van der Waals surface area (Å²) in [7, 11) is 7.98. The van der Waals surface area contributed by atoms with Gasteiger partial charge in [0, 0.05) is 43.3 Å². The lowest BCUT2D eigenvalue weighted by molar-refractivity contribution is 0.406. The fourth-order valence-electron chi connectivity index (χ4n) is 2.15. The number of likely N-dealkylation sites (N-methyl/N-ethyl adjacent to an activating group) is 2. The molecule has 4 heteroatoms. The summed E-state index contributed by atoms with van der Waals surface area (Å²) in [5.41, 5.74) is 1.13. The molecule has 1 aromatic heterocycles. The molecule has 0 saturated heterocycles. The third-order valence-corrected chi connectivity index (χ3v) is 3.24. The van der Waals surface area contributed by atoms with Crippen molar-refractivity contribution in [2.24, 2.45) is 0 Å². The fourth-order valence-corrected chi connectivity index (χ4v) is 2.15. The van der Waals surface area contributed by atoms with E-state index in [-0.39, 0.29) is 0 Å². The number of pyridine rings is 1. The molecule has 1 heterocycles. The van der Waals surface area contributed by atoms with E-state index >= 15 is 0 Å². The number of anilines is 1. The SMILES string of the molecule is COc1ccc2cnccc2c1N(C)CCN(C)C. The Hall–Kier alpha value is -1.81. The molecule has 0 N–H and O–H groups in total. The summed E-state index contributed by atoms with van der Waals surface area (Å²) >= 11 is 0. The first-order valence-corrected chi connectivity index (χ1v) is 6.40. The van der Waals surface area contributed by atoms with Gasteiger partial charge in [-0.2, -0.15) is 0 Å². The van der Waals surface area contributed by atoms with E-state index in [2.05, 4.69) is 35.9 Å². The minimum atomic E-state index is 0.903. The number of hydrogen-bond acceptors (Lipinski definition) is 4. The van der Waals surface area contributed by atoms with E-state index in [1.54, 1.807) is 7.11 Å². The second-order valence-electron chi connectivity index (χ2n) is 4.94. The normalized spacial score (nSPS) is 11.0. The summed E-state index contributed by atoms with van der Waals surface area (Å²) < 4.78 is 5.51. The zero-order valence-electron chi connectivity index (χ0n) is 12.1. The van der Waals surface area contributed by atoms with Crippen LogP contribution in [0.5, 0.6) is 5.75 Å². The summed E-state index contributed by atoms with van der Waals surface area (Å²) in [6.45, 7) is 1.95. The third kappa shape index (κ3) is 2.96. The standard InChI is InChI=1S/C15H21N3O/c1-17(2)9-10-18(3)15-13-7-8-16-11-12(13)5-6-14(15)19-4/h5-8,11H,9-10H2,1-4H3. The molecule has 2 aromatic rings. The van der Waals surface area contributed by atoms with E-state index in [1.165, 1.54) is 5.39 Å². The number of aromatic nitrogens is 1. The number of benzene rings is 1. The topological polar surface area (TPSA) is 28.6 Å². The predicted molar refractivity (Wildman–Crippen MR) is 80.1 cm³/mol. The lowest BCUT2D eigenvalue weighted by Crippen LogP contribution is -2.28. The average Bonchev–Trinajstić information content (AvgIpc) is 2.43. The van der Waals surface area contributed by atoms with Gasteiger partial charge in [0.25, 0.3) is 0 Å². The molecule has 0 aliphatic carbocycles. The lowest BCUT2D eigenvalue weighted by atomic mass is 10.1. The Balaban J connectivity index is 2.43. The molecule has 0 radical (unpaired) electrons. The second kappa shape index (κ2) is 5.89. The molecule has 0 fully saturated rings. The molecule has 0 aliphatic rings. The summed E-state index contributed by atoms with van der Waals surface area (Å²) in [5.74, 6) is 0.903. The van der Waals surface area contributed by atoms with Crippen LogP contribution in [0, 0.1) is 0 Å². The third-order valence-electron chi connectivity index (χ3n) is 3.24. The molecule has 19 heavy (non-hydrogen) atoms. The van der Waals surface area contributed by atoms with Crippen LogP contribution in [-0.2, 0) is 0 Å². The molecule has 0 amide bonds. The highest BCUT2D eigenvalue weighted by molar-refractivity contribution is 5.96. The summed E-state index contributed by atoms with van der Waals surface area (Å²) in [6.07, 6.45) is 3.71. The quantitative estimate of drug-likeness (QED) is 0.823. The molecule has 1 aromatic carbocycles. The molecule has 0 bridgehead atoms. The van der Waals surface area contributed by atoms with Gasteiger partial charge in [0.15, 0.2) is 0 Å². The van der Waals surface area contributed by atoms with Crippen molar-refractivity contribution in [3.05, 3.63) is 30.6 Å². The van der Waals surface area contributed by atoms with E-state index in [1.807, 2.05) is 30.6 Å². The van der Waals surface area contributed by atoms with Crippen molar-refractivity contribution in [1.29, 1.82) is 0 Å². The first kappa shape index (κ1) is 13.6. The Kier molecular flexibility index (Phi) is 4.22. The van der Waals surface area contributed by atoms with Crippen LogP contribution in [-0.4, -0.2) is 51.2 Å². The number of hydrogen-bond donors (Lipinski definition) is 0. The van der Waals surface area contributed by atoms with Crippen LogP contribution in [0.25, 0.3) is 10.8 Å². The van der Waals surface area contributed by atoms with Crippen LogP contribution in [0.2, 0.25) is 0 Å². The van der Waals surface area contributed by atoms with Crippen LogP contribution < -0.4 is 9.64 Å². The maximum absolute atomic E-state index is 5.51. The Labute approximate surface area is 114 Å². The number of fused-ring (bicyclic) bond motifs is 1. The second-order valence-corrected chi connectivity index (χ2v) is 4.94. The zero-order valence-corrected chi connectivity index (χ0v) is 12.1. The summed E-state index contributed by atoms with van der Waals surface area (Å²) in [5, 5.41) is 2.31. The molecule has 0 atom stereocenters. The highest BCUT2D eigenvalue weighted by atomic mass is 16.5. The van der Waals surface area contributed by atoms with E-state index in [9.17, 15) is 0 Å².